The van der Waals surface area contributed by atoms with Crippen molar-refractivity contribution in [3.05, 3.63) is 53.6 Å². The van der Waals surface area contributed by atoms with Gasteiger partial charge in [-0.1, -0.05) is 50.5 Å². The zero-order valence-electron chi connectivity index (χ0n) is 17.5. The molecule has 2 N–H and O–H groups in total. The predicted molar refractivity (Wildman–Crippen MR) is 111 cm³/mol. The van der Waals surface area contributed by atoms with Gasteiger partial charge < -0.3 is 15.2 Å². The largest absolute Gasteiger partial charge is 0.481 e. The highest BCUT2D eigenvalue weighted by atomic mass is 19.4. The SMILES string of the molecule is CCCCCCNC(=O)Oc1cccc(-c2ccc(C(C)C(=O)O)cc2C(F)(F)F)c1. The van der Waals surface area contributed by atoms with Crippen molar-refractivity contribution in [1.82, 2.24) is 5.32 Å². The van der Waals surface area contributed by atoms with Crippen LogP contribution in [0, 0.1) is 0 Å². The number of nitrogens with one attached hydrogen (secondary N) is 1. The molecule has 2 rings (SSSR count). The van der Waals surface area contributed by atoms with Gasteiger partial charge in [0.25, 0.3) is 0 Å². The Morgan fingerprint density at radius 3 is 2.48 bits per heavy atom. The van der Waals surface area contributed by atoms with Crippen molar-refractivity contribution in [3.8, 4) is 16.9 Å². The molecule has 1 atom stereocenters. The molecule has 1 amide bonds. The number of ether oxygens (including phenoxy) is 1. The van der Waals surface area contributed by atoms with Crippen molar-refractivity contribution < 1.29 is 32.6 Å². The topological polar surface area (TPSA) is 75.6 Å². The van der Waals surface area contributed by atoms with Gasteiger partial charge in [-0.25, -0.2) is 4.79 Å². The van der Waals surface area contributed by atoms with Crippen LogP contribution in [0.15, 0.2) is 42.5 Å². The van der Waals surface area contributed by atoms with Crippen LogP contribution in [0.1, 0.15) is 56.6 Å². The second-order valence-electron chi connectivity index (χ2n) is 7.27. The number of unbranched alkanes of at least 4 members (excludes halogenated alkanes) is 3. The van der Waals surface area contributed by atoms with Gasteiger partial charge in [-0.05, 0) is 48.2 Å². The van der Waals surface area contributed by atoms with E-state index in [1.54, 1.807) is 0 Å². The van der Waals surface area contributed by atoms with Gasteiger partial charge in [0.1, 0.15) is 5.75 Å². The molecule has 0 saturated carbocycles. The maximum atomic E-state index is 13.7. The Morgan fingerprint density at radius 2 is 1.84 bits per heavy atom. The van der Waals surface area contributed by atoms with Crippen LogP contribution in [0.2, 0.25) is 0 Å². The van der Waals surface area contributed by atoms with E-state index in [1.165, 1.54) is 43.3 Å². The second-order valence-corrected chi connectivity index (χ2v) is 7.27. The first-order valence-electron chi connectivity index (χ1n) is 10.1. The number of halogens is 3. The molecule has 0 radical (unpaired) electrons. The quantitative estimate of drug-likeness (QED) is 0.456. The molecule has 31 heavy (non-hydrogen) atoms. The summed E-state index contributed by atoms with van der Waals surface area (Å²) in [5.41, 5.74) is -0.816. The van der Waals surface area contributed by atoms with Crippen LogP contribution in [0.25, 0.3) is 11.1 Å². The fourth-order valence-electron chi connectivity index (χ4n) is 3.07. The molecule has 2 aromatic rings. The van der Waals surface area contributed by atoms with Gasteiger partial charge in [-0.2, -0.15) is 13.2 Å². The number of hydrogen-bond acceptors (Lipinski definition) is 3. The van der Waals surface area contributed by atoms with E-state index in [-0.39, 0.29) is 22.4 Å². The minimum Gasteiger partial charge on any atom is -0.481 e. The Labute approximate surface area is 179 Å². The van der Waals surface area contributed by atoms with E-state index in [0.717, 1.165) is 31.7 Å². The molecule has 5 nitrogen and oxygen atoms in total. The van der Waals surface area contributed by atoms with Crippen LogP contribution in [-0.4, -0.2) is 23.7 Å². The zero-order valence-corrected chi connectivity index (χ0v) is 17.5. The Balaban J connectivity index is 2.23. The maximum Gasteiger partial charge on any atom is 0.417 e. The number of rotatable bonds is 9. The molecule has 0 heterocycles. The fourth-order valence-corrected chi connectivity index (χ4v) is 3.07. The van der Waals surface area contributed by atoms with Gasteiger partial charge in [0.05, 0.1) is 11.5 Å². The lowest BCUT2D eigenvalue weighted by molar-refractivity contribution is -0.139. The summed E-state index contributed by atoms with van der Waals surface area (Å²) in [4.78, 5) is 23.1. The molecular formula is C23H26F3NO4. The van der Waals surface area contributed by atoms with Gasteiger partial charge in [0, 0.05) is 6.54 Å². The summed E-state index contributed by atoms with van der Waals surface area (Å²) in [5, 5.41) is 11.7. The lowest BCUT2D eigenvalue weighted by Crippen LogP contribution is -2.27. The van der Waals surface area contributed by atoms with Crippen molar-refractivity contribution in [3.63, 3.8) is 0 Å². The molecule has 168 valence electrons. The fraction of sp³-hybridized carbons (Fsp3) is 0.391. The molecular weight excluding hydrogens is 411 g/mol. The number of carboxylic acid groups (broad SMARTS) is 1. The Morgan fingerprint density at radius 1 is 1.10 bits per heavy atom. The maximum absolute atomic E-state index is 13.7. The van der Waals surface area contributed by atoms with E-state index in [2.05, 4.69) is 12.2 Å². The normalized spacial score (nSPS) is 12.3. The molecule has 0 aliphatic carbocycles. The molecule has 0 bridgehead atoms. The molecule has 0 saturated heterocycles. The summed E-state index contributed by atoms with van der Waals surface area (Å²) in [5.74, 6) is -2.18. The third-order valence-corrected chi connectivity index (χ3v) is 4.87. The van der Waals surface area contributed by atoms with Crippen LogP contribution in [-0.2, 0) is 11.0 Å². The van der Waals surface area contributed by atoms with E-state index >= 15 is 0 Å². The van der Waals surface area contributed by atoms with Crippen molar-refractivity contribution in [1.29, 1.82) is 0 Å². The molecule has 0 aliphatic rings. The van der Waals surface area contributed by atoms with E-state index in [4.69, 9.17) is 9.84 Å². The lowest BCUT2D eigenvalue weighted by atomic mass is 9.92. The number of amides is 1. The highest BCUT2D eigenvalue weighted by Crippen LogP contribution is 2.39. The van der Waals surface area contributed by atoms with E-state index in [9.17, 15) is 22.8 Å². The van der Waals surface area contributed by atoms with Gasteiger partial charge >= 0.3 is 18.2 Å². The van der Waals surface area contributed by atoms with Crippen LogP contribution in [0.5, 0.6) is 5.75 Å². The first kappa shape index (κ1) is 24.2. The standard InChI is InChI=1S/C23H26F3NO4/c1-3-4-5-6-12-27-22(30)31-18-9-7-8-17(13-18)19-11-10-16(15(2)21(28)29)14-20(19)23(24,25)26/h7-11,13-15H,3-6,12H2,1-2H3,(H,27,30)(H,28,29). The molecule has 0 fully saturated rings. The molecule has 0 aromatic heterocycles. The van der Waals surface area contributed by atoms with Gasteiger partial charge in [0.15, 0.2) is 0 Å². The van der Waals surface area contributed by atoms with E-state index < -0.39 is 29.7 Å². The zero-order chi connectivity index (χ0) is 23.0. The number of carbonyl (C=O) groups excluding carboxylic acids is 1. The molecule has 8 heteroatoms. The minimum atomic E-state index is -4.68. The van der Waals surface area contributed by atoms with Crippen molar-refractivity contribution in [2.24, 2.45) is 0 Å². The van der Waals surface area contributed by atoms with Crippen molar-refractivity contribution in [2.75, 3.05) is 6.54 Å². The van der Waals surface area contributed by atoms with Crippen LogP contribution >= 0.6 is 0 Å². The van der Waals surface area contributed by atoms with Crippen molar-refractivity contribution in [2.45, 2.75) is 51.6 Å². The number of hydrogen-bond donors (Lipinski definition) is 2. The second kappa shape index (κ2) is 10.8. The highest BCUT2D eigenvalue weighted by molar-refractivity contribution is 5.77. The summed E-state index contributed by atoms with van der Waals surface area (Å²) in [6, 6.07) is 9.25. The number of aliphatic carboxylic acids is 1. The summed E-state index contributed by atoms with van der Waals surface area (Å²) in [6.45, 7) is 3.87. The number of benzene rings is 2. The van der Waals surface area contributed by atoms with Gasteiger partial charge in [0.2, 0.25) is 0 Å². The molecule has 0 spiro atoms. The summed E-state index contributed by atoms with van der Waals surface area (Å²) >= 11 is 0. The predicted octanol–water partition coefficient (Wildman–Crippen LogP) is 6.23. The Bertz CT molecular complexity index is 912. The monoisotopic (exact) mass is 437 g/mol. The summed E-state index contributed by atoms with van der Waals surface area (Å²) in [6.07, 6.45) is -1.40. The van der Waals surface area contributed by atoms with Crippen LogP contribution in [0.3, 0.4) is 0 Å². The van der Waals surface area contributed by atoms with E-state index in [0.29, 0.717) is 6.54 Å². The van der Waals surface area contributed by atoms with Crippen LogP contribution < -0.4 is 10.1 Å². The smallest absolute Gasteiger partial charge is 0.417 e. The van der Waals surface area contributed by atoms with E-state index in [1.807, 2.05) is 0 Å². The Kier molecular flexibility index (Phi) is 8.47. The summed E-state index contributed by atoms with van der Waals surface area (Å²) in [7, 11) is 0. The number of carbonyl (C=O) groups is 2. The lowest BCUT2D eigenvalue weighted by Gasteiger charge is -2.17. The highest BCUT2D eigenvalue weighted by Gasteiger charge is 2.34. The van der Waals surface area contributed by atoms with Gasteiger partial charge in [-0.15, -0.1) is 0 Å². The van der Waals surface area contributed by atoms with Gasteiger partial charge in [-0.3, -0.25) is 4.79 Å². The first-order chi connectivity index (χ1) is 14.6. The Hall–Kier alpha value is -3.03. The van der Waals surface area contributed by atoms with Crippen LogP contribution in [0.4, 0.5) is 18.0 Å². The minimum absolute atomic E-state index is 0.0541. The number of carboxylic acids is 1. The average molecular weight is 437 g/mol. The summed E-state index contributed by atoms with van der Waals surface area (Å²) < 4.78 is 46.2. The third kappa shape index (κ3) is 7.01. The van der Waals surface area contributed by atoms with Crippen molar-refractivity contribution >= 4 is 12.1 Å². The number of alkyl halides is 3. The average Bonchev–Trinajstić information content (AvgIpc) is 2.72. The third-order valence-electron chi connectivity index (χ3n) is 4.87. The first-order valence-corrected chi connectivity index (χ1v) is 10.1. The molecule has 0 aliphatic heterocycles. The molecule has 1 unspecified atom stereocenters. The molecule has 2 aromatic carbocycles.